The Bertz CT molecular complexity index is 3160. The van der Waals surface area contributed by atoms with Gasteiger partial charge in [0.15, 0.2) is 23.0 Å². The summed E-state index contributed by atoms with van der Waals surface area (Å²) in [6.07, 6.45) is 0.608. The Morgan fingerprint density at radius 3 is 2.01 bits per heavy atom. The molecule has 0 aromatic heterocycles. The van der Waals surface area contributed by atoms with Crippen molar-refractivity contribution in [1.29, 1.82) is 0 Å². The van der Waals surface area contributed by atoms with Gasteiger partial charge in [-0.15, -0.1) is 0 Å². The molecular formula is C59H70N8O11S2. The number of benzene rings is 5. The van der Waals surface area contributed by atoms with E-state index in [2.05, 4.69) is 40.4 Å². The largest absolute Gasteiger partial charge is 0.493 e. The van der Waals surface area contributed by atoms with Crippen molar-refractivity contribution >= 4 is 79.6 Å². The summed E-state index contributed by atoms with van der Waals surface area (Å²) in [7, 11) is 6.30. The highest BCUT2D eigenvalue weighted by Crippen LogP contribution is 2.45. The summed E-state index contributed by atoms with van der Waals surface area (Å²) in [5.74, 6) is -0.204. The number of aliphatic hydroxyl groups is 2. The van der Waals surface area contributed by atoms with Gasteiger partial charge in [-0.25, -0.2) is 0 Å². The number of nitrogens with two attached hydrogens (primary N) is 1. The molecule has 9 N–H and O–H groups in total. The number of anilines is 5. The second-order valence-electron chi connectivity index (χ2n) is 21.4. The predicted octanol–water partition coefficient (Wildman–Crippen LogP) is 7.51. The molecule has 7 atom stereocenters. The quantitative estimate of drug-likeness (QED) is 0.0233. The molecule has 19 nitrogen and oxygen atoms in total. The van der Waals surface area contributed by atoms with Gasteiger partial charge in [0.1, 0.15) is 25.7 Å². The molecule has 0 bridgehead atoms. The summed E-state index contributed by atoms with van der Waals surface area (Å²) in [5.41, 5.74) is 12.4. The normalized spacial score (nSPS) is 18.4. The molecule has 4 aliphatic rings. The molecular weight excluding hydrogens is 1060 g/mol. The number of fused-ring (bicyclic) bond motifs is 8. The van der Waals surface area contributed by atoms with Crippen molar-refractivity contribution in [1.82, 2.24) is 10.6 Å². The monoisotopic (exact) mass is 1130 g/mol. The molecule has 424 valence electrons. The molecule has 0 fully saturated rings. The molecule has 0 saturated heterocycles. The number of hydrogen-bond donors (Lipinski definition) is 8. The Kier molecular flexibility index (Phi) is 17.7. The van der Waals surface area contributed by atoms with E-state index in [0.717, 1.165) is 28.9 Å². The number of nitrogens with one attached hydrogen (secondary N) is 5. The number of primary amides is 1. The zero-order chi connectivity index (χ0) is 57.0. The Morgan fingerprint density at radius 2 is 1.38 bits per heavy atom. The molecule has 0 spiro atoms. The minimum atomic E-state index is -1.28. The van der Waals surface area contributed by atoms with Crippen LogP contribution in [-0.4, -0.2) is 107 Å². The van der Waals surface area contributed by atoms with Crippen molar-refractivity contribution in [2.75, 3.05) is 46.5 Å². The van der Waals surface area contributed by atoms with Gasteiger partial charge in [-0.3, -0.25) is 29.3 Å². The third kappa shape index (κ3) is 13.0. The highest BCUT2D eigenvalue weighted by molar-refractivity contribution is 8.77. The Balaban J connectivity index is 0.903. The van der Waals surface area contributed by atoms with Gasteiger partial charge in [-0.2, -0.15) is 0 Å². The molecule has 5 amide bonds. The van der Waals surface area contributed by atoms with Gasteiger partial charge in [0.05, 0.1) is 60.9 Å². The highest BCUT2D eigenvalue weighted by atomic mass is 33.1. The molecule has 0 radical (unpaired) electrons. The van der Waals surface area contributed by atoms with Crippen LogP contribution in [0.4, 0.5) is 28.4 Å². The van der Waals surface area contributed by atoms with Crippen LogP contribution < -0.4 is 61.1 Å². The lowest BCUT2D eigenvalue weighted by Gasteiger charge is -2.27. The third-order valence-electron chi connectivity index (χ3n) is 14.8. The lowest BCUT2D eigenvalue weighted by molar-refractivity contribution is -0.123. The van der Waals surface area contributed by atoms with Gasteiger partial charge in [-0.1, -0.05) is 64.9 Å². The number of rotatable bonds is 23. The SMILES string of the molecule is COc1cc2c(cc1OCc1cc(COc3cc4c(cc3OC)C(=O)N3c5ccccc5C[C@H]3C(O)N4)cc(NC(=O)[C@@H](C)NC(O)[C@H](C)NC(=O)CCC(C)(C)SSC(C)CCC(N)=O)c1)NC[C@@H]1Cc3ccccc3N1C2=O. The Morgan fingerprint density at radius 1 is 0.787 bits per heavy atom. The van der Waals surface area contributed by atoms with Crippen LogP contribution in [0.3, 0.4) is 0 Å². The van der Waals surface area contributed by atoms with E-state index in [9.17, 15) is 34.2 Å². The predicted molar refractivity (Wildman–Crippen MR) is 312 cm³/mol. The van der Waals surface area contributed by atoms with Crippen molar-refractivity contribution in [3.8, 4) is 23.0 Å². The number of methoxy groups -OCH3 is 2. The fourth-order valence-electron chi connectivity index (χ4n) is 10.4. The third-order valence-corrected chi connectivity index (χ3v) is 18.7. The minimum Gasteiger partial charge on any atom is -0.493 e. The average Bonchev–Trinajstić information content (AvgIpc) is 4.13. The van der Waals surface area contributed by atoms with Crippen LogP contribution >= 0.6 is 21.6 Å². The maximum absolute atomic E-state index is 14.2. The van der Waals surface area contributed by atoms with E-state index in [-0.39, 0.29) is 70.8 Å². The van der Waals surface area contributed by atoms with Gasteiger partial charge >= 0.3 is 0 Å². The summed E-state index contributed by atoms with van der Waals surface area (Å²) in [6.45, 7) is 9.86. The van der Waals surface area contributed by atoms with Crippen molar-refractivity contribution in [2.45, 2.75) is 133 Å². The molecule has 80 heavy (non-hydrogen) atoms. The Hall–Kier alpha value is -7.17. The molecule has 4 aliphatic heterocycles. The number of carbonyl (C=O) groups is 5. The van der Waals surface area contributed by atoms with E-state index in [4.69, 9.17) is 24.7 Å². The van der Waals surface area contributed by atoms with Gasteiger partial charge in [0, 0.05) is 58.6 Å². The van der Waals surface area contributed by atoms with Crippen molar-refractivity contribution in [2.24, 2.45) is 5.73 Å². The fourth-order valence-corrected chi connectivity index (χ4v) is 13.0. The van der Waals surface area contributed by atoms with Crippen LogP contribution in [0.1, 0.15) is 103 Å². The first-order chi connectivity index (χ1) is 38.3. The maximum Gasteiger partial charge on any atom is 0.260 e. The first kappa shape index (κ1) is 57.5. The minimum absolute atomic E-state index is 0.0106. The molecule has 4 heterocycles. The maximum atomic E-state index is 14.2. The molecule has 0 aliphatic carbocycles. The number of hydrogen-bond acceptors (Lipinski definition) is 16. The number of nitrogens with zero attached hydrogens (tertiary/aromatic N) is 2. The first-order valence-corrected chi connectivity index (χ1v) is 29.0. The zero-order valence-electron chi connectivity index (χ0n) is 45.9. The van der Waals surface area contributed by atoms with E-state index in [0.29, 0.717) is 83.0 Å². The van der Waals surface area contributed by atoms with Crippen LogP contribution in [-0.2, 0) is 40.4 Å². The van der Waals surface area contributed by atoms with Crippen molar-refractivity contribution < 1.29 is 53.1 Å². The van der Waals surface area contributed by atoms with E-state index in [1.807, 2.05) is 66.4 Å². The summed E-state index contributed by atoms with van der Waals surface area (Å²) < 4.78 is 24.3. The number of aliphatic hydroxyl groups excluding tert-OH is 2. The van der Waals surface area contributed by atoms with Crippen molar-refractivity contribution in [3.05, 3.63) is 124 Å². The van der Waals surface area contributed by atoms with Gasteiger partial charge < -0.3 is 66.0 Å². The van der Waals surface area contributed by atoms with Gasteiger partial charge in [0.2, 0.25) is 17.7 Å². The summed E-state index contributed by atoms with van der Waals surface area (Å²) in [6, 6.07) is 25.3. The number of para-hydroxylation sites is 2. The average molecular weight is 1130 g/mol. The van der Waals surface area contributed by atoms with Gasteiger partial charge in [-0.05, 0) is 118 Å². The van der Waals surface area contributed by atoms with Crippen LogP contribution in [0.15, 0.2) is 91.0 Å². The molecule has 9 rings (SSSR count). The number of amides is 5. The summed E-state index contributed by atoms with van der Waals surface area (Å²) in [4.78, 5) is 70.0. The fraction of sp³-hybridized carbons (Fsp3) is 0.407. The van der Waals surface area contributed by atoms with E-state index >= 15 is 0 Å². The standard InChI is InChI=1S/C59H70N8O11S2/c1-32(16-17-52(60)68)79-80-59(4,5)19-18-53(69)62-33(2)54(70)63-34(3)55(71)64-39-21-35(30-77-50-27-43-41(25-48(50)75-6)57(73)66-40(29-61-43)23-37-12-8-10-14-45(37)66)20-36(22-39)31-78-51-28-44-42(26-49(51)76-7)58(74)67-46-15-11-9-13-38(46)24-47(67)56(72)65-44/h8-15,20-22,25-28,32-34,40,47,54,56,61,63,65,70,72H,16-19,23-24,29-31H2,1-7H3,(H2,60,68)(H,62,69)(H,64,71)/t32?,33-,34+,40-,47-,54?,56?/m0/s1. The number of carbonyl (C=O) groups excluding carboxylic acids is 5. The topological polar surface area (TPSA) is 255 Å². The highest BCUT2D eigenvalue weighted by Gasteiger charge is 2.43. The first-order valence-electron chi connectivity index (χ1n) is 26.8. The van der Waals surface area contributed by atoms with E-state index < -0.39 is 36.5 Å². The smallest absolute Gasteiger partial charge is 0.260 e. The molecule has 0 saturated carbocycles. The van der Waals surface area contributed by atoms with E-state index in [1.54, 1.807) is 76.7 Å². The number of ether oxygens (including phenoxy) is 4. The van der Waals surface area contributed by atoms with Crippen LogP contribution in [0.2, 0.25) is 0 Å². The lowest BCUT2D eigenvalue weighted by Crippen LogP contribution is -2.53. The van der Waals surface area contributed by atoms with Gasteiger partial charge in [0.25, 0.3) is 11.8 Å². The summed E-state index contributed by atoms with van der Waals surface area (Å²) in [5, 5.41) is 38.1. The summed E-state index contributed by atoms with van der Waals surface area (Å²) >= 11 is 0. The zero-order valence-corrected chi connectivity index (χ0v) is 47.6. The second kappa shape index (κ2) is 24.7. The lowest BCUT2D eigenvalue weighted by atomic mass is 10.1. The van der Waals surface area contributed by atoms with Crippen LogP contribution in [0, 0.1) is 0 Å². The second-order valence-corrected chi connectivity index (χ2v) is 24.7. The molecule has 21 heteroatoms. The van der Waals surface area contributed by atoms with Crippen LogP contribution in [0.5, 0.6) is 23.0 Å². The molecule has 5 aromatic rings. The van der Waals surface area contributed by atoms with Crippen LogP contribution in [0.25, 0.3) is 0 Å². The van der Waals surface area contributed by atoms with E-state index in [1.165, 1.54) is 14.2 Å². The molecule has 3 unspecified atom stereocenters. The van der Waals surface area contributed by atoms with Crippen molar-refractivity contribution in [3.63, 3.8) is 0 Å². The Labute approximate surface area is 473 Å². The molecule has 5 aromatic carbocycles.